The lowest BCUT2D eigenvalue weighted by molar-refractivity contribution is 0.137. The van der Waals surface area contributed by atoms with E-state index in [1.807, 2.05) is 0 Å². The van der Waals surface area contributed by atoms with Gasteiger partial charge < -0.3 is 10.1 Å². The summed E-state index contributed by atoms with van der Waals surface area (Å²) < 4.78 is 6.12. The van der Waals surface area contributed by atoms with Crippen LogP contribution in [0.2, 0.25) is 0 Å². The van der Waals surface area contributed by atoms with E-state index in [9.17, 15) is 0 Å². The Kier molecular flexibility index (Phi) is 4.54. The summed E-state index contributed by atoms with van der Waals surface area (Å²) in [4.78, 5) is 0. The Morgan fingerprint density at radius 2 is 2.05 bits per heavy atom. The van der Waals surface area contributed by atoms with E-state index in [0.717, 1.165) is 31.2 Å². The Hall–Kier alpha value is -1.02. The van der Waals surface area contributed by atoms with Crippen LogP contribution in [0.1, 0.15) is 63.5 Å². The third-order valence-electron chi connectivity index (χ3n) is 4.93. The van der Waals surface area contributed by atoms with Crippen molar-refractivity contribution in [2.75, 3.05) is 6.54 Å². The second-order valence-electron chi connectivity index (χ2n) is 7.41. The van der Waals surface area contributed by atoms with Gasteiger partial charge in [-0.1, -0.05) is 43.9 Å². The van der Waals surface area contributed by atoms with Gasteiger partial charge in [0, 0.05) is 18.5 Å². The highest BCUT2D eigenvalue weighted by Gasteiger charge is 2.31. The molecule has 0 radical (unpaired) electrons. The van der Waals surface area contributed by atoms with Crippen molar-refractivity contribution in [1.29, 1.82) is 0 Å². The van der Waals surface area contributed by atoms with Gasteiger partial charge in [0.2, 0.25) is 0 Å². The van der Waals surface area contributed by atoms with Gasteiger partial charge in [-0.3, -0.25) is 0 Å². The number of ether oxygens (including phenoxy) is 1. The standard InChI is InChI=1S/C19H29NO/c1-19(2)13-16-10-5-11-17(18(16)21-19)14-20-12-6-9-15-7-3-4-8-15/h5,10-11,15,20H,3-4,6-9,12-14H2,1-2H3. The minimum atomic E-state index is -0.0408. The van der Waals surface area contributed by atoms with Crippen molar-refractivity contribution in [1.82, 2.24) is 5.32 Å². The van der Waals surface area contributed by atoms with Gasteiger partial charge in [0.25, 0.3) is 0 Å². The molecule has 0 bridgehead atoms. The maximum atomic E-state index is 6.12. The summed E-state index contributed by atoms with van der Waals surface area (Å²) in [7, 11) is 0. The third-order valence-corrected chi connectivity index (χ3v) is 4.93. The van der Waals surface area contributed by atoms with Crippen LogP contribution >= 0.6 is 0 Å². The lowest BCUT2D eigenvalue weighted by Gasteiger charge is -2.18. The Labute approximate surface area is 129 Å². The maximum absolute atomic E-state index is 6.12. The molecule has 21 heavy (non-hydrogen) atoms. The number of rotatable bonds is 6. The number of nitrogens with one attached hydrogen (secondary N) is 1. The summed E-state index contributed by atoms with van der Waals surface area (Å²) in [5.74, 6) is 2.14. The van der Waals surface area contributed by atoms with Crippen molar-refractivity contribution in [3.8, 4) is 5.75 Å². The molecule has 0 atom stereocenters. The van der Waals surface area contributed by atoms with Crippen molar-refractivity contribution in [3.05, 3.63) is 29.3 Å². The topological polar surface area (TPSA) is 21.3 Å². The van der Waals surface area contributed by atoms with Gasteiger partial charge in [-0.2, -0.15) is 0 Å². The second-order valence-corrected chi connectivity index (χ2v) is 7.41. The van der Waals surface area contributed by atoms with E-state index < -0.39 is 0 Å². The average Bonchev–Trinajstić information content (AvgIpc) is 3.04. The summed E-state index contributed by atoms with van der Waals surface area (Å²) in [6.45, 7) is 6.41. The Morgan fingerprint density at radius 1 is 1.24 bits per heavy atom. The van der Waals surface area contributed by atoms with Gasteiger partial charge in [0.15, 0.2) is 0 Å². The monoisotopic (exact) mass is 287 g/mol. The molecular weight excluding hydrogens is 258 g/mol. The molecule has 116 valence electrons. The van der Waals surface area contributed by atoms with Gasteiger partial charge in [-0.15, -0.1) is 0 Å². The van der Waals surface area contributed by atoms with Crippen LogP contribution in [-0.2, 0) is 13.0 Å². The molecule has 0 spiro atoms. The molecular formula is C19H29NO. The largest absolute Gasteiger partial charge is 0.487 e. The van der Waals surface area contributed by atoms with Crippen molar-refractivity contribution < 1.29 is 4.74 Å². The fraction of sp³-hybridized carbons (Fsp3) is 0.684. The minimum Gasteiger partial charge on any atom is -0.487 e. The van der Waals surface area contributed by atoms with Crippen LogP contribution in [0, 0.1) is 5.92 Å². The number of hydrogen-bond donors (Lipinski definition) is 1. The van der Waals surface area contributed by atoms with Crippen LogP contribution in [0.5, 0.6) is 5.75 Å². The van der Waals surface area contributed by atoms with E-state index >= 15 is 0 Å². The van der Waals surface area contributed by atoms with E-state index in [1.165, 1.54) is 49.7 Å². The molecule has 0 saturated heterocycles. The smallest absolute Gasteiger partial charge is 0.127 e. The predicted molar refractivity (Wildman–Crippen MR) is 87.8 cm³/mol. The summed E-state index contributed by atoms with van der Waals surface area (Å²) in [5, 5.41) is 3.60. The molecule has 1 aliphatic heterocycles. The van der Waals surface area contributed by atoms with Gasteiger partial charge >= 0.3 is 0 Å². The first-order chi connectivity index (χ1) is 10.1. The van der Waals surface area contributed by atoms with E-state index in [2.05, 4.69) is 37.4 Å². The number of fused-ring (bicyclic) bond motifs is 1. The molecule has 1 heterocycles. The quantitative estimate of drug-likeness (QED) is 0.780. The molecule has 1 aliphatic carbocycles. The first-order valence-corrected chi connectivity index (χ1v) is 8.64. The molecule has 1 aromatic rings. The van der Waals surface area contributed by atoms with Crippen molar-refractivity contribution in [2.24, 2.45) is 5.92 Å². The molecule has 2 heteroatoms. The van der Waals surface area contributed by atoms with Gasteiger partial charge in [-0.05, 0) is 44.7 Å². The zero-order chi connectivity index (χ0) is 14.7. The predicted octanol–water partition coefficient (Wildman–Crippen LogP) is 4.46. The Morgan fingerprint density at radius 3 is 2.86 bits per heavy atom. The van der Waals surface area contributed by atoms with E-state index in [-0.39, 0.29) is 5.60 Å². The second kappa shape index (κ2) is 6.39. The third kappa shape index (κ3) is 3.79. The molecule has 0 aromatic heterocycles. The molecule has 0 amide bonds. The number of para-hydroxylation sites is 1. The van der Waals surface area contributed by atoms with Crippen LogP contribution in [0.3, 0.4) is 0 Å². The van der Waals surface area contributed by atoms with E-state index in [1.54, 1.807) is 0 Å². The molecule has 2 aliphatic rings. The molecule has 1 N–H and O–H groups in total. The zero-order valence-electron chi connectivity index (χ0n) is 13.6. The van der Waals surface area contributed by atoms with Crippen molar-refractivity contribution >= 4 is 0 Å². The fourth-order valence-corrected chi connectivity index (χ4v) is 3.86. The Bertz CT molecular complexity index is 474. The summed E-state index contributed by atoms with van der Waals surface area (Å²) in [6.07, 6.45) is 9.60. The first kappa shape index (κ1) is 14.9. The molecule has 1 fully saturated rings. The number of benzene rings is 1. The van der Waals surface area contributed by atoms with E-state index in [0.29, 0.717) is 0 Å². The highest BCUT2D eigenvalue weighted by atomic mass is 16.5. The lowest BCUT2D eigenvalue weighted by Crippen LogP contribution is -2.25. The van der Waals surface area contributed by atoms with Crippen molar-refractivity contribution in [2.45, 2.75) is 70.9 Å². The molecule has 3 rings (SSSR count). The normalized spacial score (nSPS) is 20.5. The molecule has 1 aromatic carbocycles. The number of hydrogen-bond acceptors (Lipinski definition) is 2. The van der Waals surface area contributed by atoms with Gasteiger partial charge in [0.1, 0.15) is 11.4 Å². The van der Waals surface area contributed by atoms with Crippen LogP contribution in [0.25, 0.3) is 0 Å². The van der Waals surface area contributed by atoms with Crippen molar-refractivity contribution in [3.63, 3.8) is 0 Å². The van der Waals surface area contributed by atoms with Crippen LogP contribution in [-0.4, -0.2) is 12.1 Å². The maximum Gasteiger partial charge on any atom is 0.127 e. The highest BCUT2D eigenvalue weighted by molar-refractivity contribution is 5.45. The van der Waals surface area contributed by atoms with Crippen LogP contribution in [0.4, 0.5) is 0 Å². The average molecular weight is 287 g/mol. The summed E-state index contributed by atoms with van der Waals surface area (Å²) >= 11 is 0. The van der Waals surface area contributed by atoms with Crippen LogP contribution < -0.4 is 10.1 Å². The van der Waals surface area contributed by atoms with Crippen LogP contribution in [0.15, 0.2) is 18.2 Å². The molecule has 2 nitrogen and oxygen atoms in total. The minimum absolute atomic E-state index is 0.0408. The molecule has 1 saturated carbocycles. The fourth-order valence-electron chi connectivity index (χ4n) is 3.86. The summed E-state index contributed by atoms with van der Waals surface area (Å²) in [6, 6.07) is 6.57. The SMILES string of the molecule is CC1(C)Cc2cccc(CNCCCC3CCCC3)c2O1. The molecule has 0 unspecified atom stereocenters. The van der Waals surface area contributed by atoms with E-state index in [4.69, 9.17) is 4.74 Å². The summed E-state index contributed by atoms with van der Waals surface area (Å²) in [5.41, 5.74) is 2.64. The van der Waals surface area contributed by atoms with Gasteiger partial charge in [-0.25, -0.2) is 0 Å². The first-order valence-electron chi connectivity index (χ1n) is 8.64. The van der Waals surface area contributed by atoms with Gasteiger partial charge in [0.05, 0.1) is 0 Å². The zero-order valence-corrected chi connectivity index (χ0v) is 13.6. The highest BCUT2D eigenvalue weighted by Crippen LogP contribution is 2.37. The Balaban J connectivity index is 1.45. The lowest BCUT2D eigenvalue weighted by atomic mass is 10.0.